The van der Waals surface area contributed by atoms with Crippen molar-refractivity contribution in [2.45, 2.75) is 45.8 Å². The van der Waals surface area contributed by atoms with Gasteiger partial charge in [-0.25, -0.2) is 4.68 Å². The number of benzene rings is 1. The molecule has 0 spiro atoms. The monoisotopic (exact) mass is 369 g/mol. The van der Waals surface area contributed by atoms with Crippen molar-refractivity contribution in [1.82, 2.24) is 25.5 Å². The molecule has 1 aromatic heterocycles. The summed E-state index contributed by atoms with van der Waals surface area (Å²) in [5, 5.41) is 5.83. The predicted molar refractivity (Wildman–Crippen MR) is 104 cm³/mol. The molecule has 3 heterocycles. The fourth-order valence-electron chi connectivity index (χ4n) is 4.46. The number of nitrogens with one attached hydrogen (secondary N) is 2. The zero-order valence-electron chi connectivity index (χ0n) is 16.1. The van der Waals surface area contributed by atoms with Crippen LogP contribution in [0.2, 0.25) is 0 Å². The normalized spacial score (nSPS) is 25.2. The number of piperidine rings is 1. The van der Waals surface area contributed by atoms with Crippen LogP contribution in [0, 0.1) is 18.8 Å². The first-order valence-electron chi connectivity index (χ1n) is 9.71. The zero-order valence-corrected chi connectivity index (χ0v) is 16.1. The van der Waals surface area contributed by atoms with Crippen molar-refractivity contribution >= 4 is 16.7 Å². The average molecular weight is 369 g/mol. The Balaban J connectivity index is 1.54. The summed E-state index contributed by atoms with van der Waals surface area (Å²) in [7, 11) is 0. The van der Waals surface area contributed by atoms with Crippen LogP contribution in [0.25, 0.3) is 10.8 Å². The van der Waals surface area contributed by atoms with Crippen LogP contribution >= 0.6 is 0 Å². The summed E-state index contributed by atoms with van der Waals surface area (Å²) >= 11 is 0. The van der Waals surface area contributed by atoms with Gasteiger partial charge in [-0.3, -0.25) is 20.4 Å². The van der Waals surface area contributed by atoms with E-state index in [1.54, 1.807) is 6.07 Å². The van der Waals surface area contributed by atoms with E-state index in [4.69, 9.17) is 0 Å². The summed E-state index contributed by atoms with van der Waals surface area (Å²) in [4.78, 5) is 27.5. The molecule has 4 rings (SSSR count). The van der Waals surface area contributed by atoms with Crippen molar-refractivity contribution in [3.8, 4) is 0 Å². The maximum atomic E-state index is 12.9. The minimum absolute atomic E-state index is 0.00486. The number of likely N-dealkylation sites (tertiary alicyclic amines) is 1. The lowest BCUT2D eigenvalue weighted by atomic mass is 9.83. The fraction of sp³-hybridized carbons (Fsp3) is 0.550. The number of aromatic nitrogens is 2. The van der Waals surface area contributed by atoms with Crippen molar-refractivity contribution in [3.05, 3.63) is 40.3 Å². The first-order chi connectivity index (χ1) is 13.0. The minimum Gasteiger partial charge on any atom is -0.341 e. The highest BCUT2D eigenvalue weighted by molar-refractivity contribution is 5.83. The molecular weight excluding hydrogens is 342 g/mol. The van der Waals surface area contributed by atoms with Crippen molar-refractivity contribution in [2.24, 2.45) is 11.8 Å². The third-order valence-corrected chi connectivity index (χ3v) is 5.96. The first-order valence-corrected chi connectivity index (χ1v) is 9.71. The second-order valence-corrected chi connectivity index (χ2v) is 8.05. The molecule has 144 valence electrons. The Bertz CT molecular complexity index is 922. The molecule has 2 aliphatic heterocycles. The van der Waals surface area contributed by atoms with E-state index in [-0.39, 0.29) is 18.0 Å². The largest absolute Gasteiger partial charge is 0.341 e. The molecule has 2 fully saturated rings. The Kier molecular flexibility index (Phi) is 4.74. The zero-order chi connectivity index (χ0) is 19.1. The van der Waals surface area contributed by atoms with Gasteiger partial charge in [-0.1, -0.05) is 32.0 Å². The Morgan fingerprint density at radius 1 is 1.26 bits per heavy atom. The number of rotatable bonds is 3. The maximum Gasteiger partial charge on any atom is 0.275 e. The summed E-state index contributed by atoms with van der Waals surface area (Å²) in [6.45, 7) is 7.69. The number of nitrogens with zero attached hydrogens (tertiary/aromatic N) is 3. The molecule has 0 radical (unpaired) electrons. The molecule has 0 saturated carbocycles. The van der Waals surface area contributed by atoms with Gasteiger partial charge < -0.3 is 4.90 Å². The van der Waals surface area contributed by atoms with Gasteiger partial charge in [-0.15, -0.1) is 0 Å². The summed E-state index contributed by atoms with van der Waals surface area (Å²) in [6, 6.07) is 8.18. The van der Waals surface area contributed by atoms with E-state index in [1.807, 2.05) is 30.0 Å². The molecule has 27 heavy (non-hydrogen) atoms. The second-order valence-electron chi connectivity index (χ2n) is 8.05. The number of hydrogen-bond acceptors (Lipinski definition) is 5. The number of carbonyl (C=O) groups is 1. The smallest absolute Gasteiger partial charge is 0.275 e. The van der Waals surface area contributed by atoms with E-state index in [9.17, 15) is 9.59 Å². The van der Waals surface area contributed by atoms with Crippen LogP contribution < -0.4 is 16.4 Å². The SMILES string of the molecule is Cc1nn(CC(=O)N2CCC3NNC(C(C)C)C3C2)c(=O)c2ccccc12. The van der Waals surface area contributed by atoms with Crippen molar-refractivity contribution in [2.75, 3.05) is 13.1 Å². The number of fused-ring (bicyclic) bond motifs is 2. The minimum atomic E-state index is -0.205. The average Bonchev–Trinajstić information content (AvgIpc) is 3.09. The van der Waals surface area contributed by atoms with Crippen molar-refractivity contribution in [1.29, 1.82) is 0 Å². The Morgan fingerprint density at radius 2 is 2.00 bits per heavy atom. The van der Waals surface area contributed by atoms with Gasteiger partial charge in [0.15, 0.2) is 0 Å². The van der Waals surface area contributed by atoms with Gasteiger partial charge in [0.05, 0.1) is 11.1 Å². The maximum absolute atomic E-state index is 12.9. The summed E-state index contributed by atoms with van der Waals surface area (Å²) < 4.78 is 1.32. The van der Waals surface area contributed by atoms with E-state index in [2.05, 4.69) is 29.8 Å². The fourth-order valence-corrected chi connectivity index (χ4v) is 4.46. The number of hydrazine groups is 1. The van der Waals surface area contributed by atoms with Gasteiger partial charge in [0.2, 0.25) is 5.91 Å². The third kappa shape index (κ3) is 3.26. The lowest BCUT2D eigenvalue weighted by molar-refractivity contribution is -0.134. The molecule has 2 N–H and O–H groups in total. The molecule has 3 unspecified atom stereocenters. The van der Waals surface area contributed by atoms with Crippen LogP contribution in [0.3, 0.4) is 0 Å². The molecule has 2 aromatic rings. The summed E-state index contributed by atoms with van der Waals surface area (Å²) in [5.74, 6) is 0.854. The third-order valence-electron chi connectivity index (χ3n) is 5.96. The Labute approximate surface area is 158 Å². The van der Waals surface area contributed by atoms with E-state index >= 15 is 0 Å². The van der Waals surface area contributed by atoms with E-state index in [0.717, 1.165) is 17.5 Å². The standard InChI is InChI=1S/C20H27N5O2/c1-12(2)19-16-10-24(9-8-17(16)21-22-19)18(26)11-25-20(27)15-7-5-4-6-14(15)13(3)23-25/h4-7,12,16-17,19,21-22H,8-11H2,1-3H3. The summed E-state index contributed by atoms with van der Waals surface area (Å²) in [5.41, 5.74) is 7.33. The van der Waals surface area contributed by atoms with Gasteiger partial charge >= 0.3 is 0 Å². The lowest BCUT2D eigenvalue weighted by Gasteiger charge is -2.37. The number of aryl methyl sites for hydroxylation is 1. The van der Waals surface area contributed by atoms with Crippen LogP contribution in [0.1, 0.15) is 26.0 Å². The second kappa shape index (κ2) is 7.05. The molecule has 0 aliphatic carbocycles. The Hall–Kier alpha value is -2.25. The highest BCUT2D eigenvalue weighted by atomic mass is 16.2. The number of carbonyl (C=O) groups excluding carboxylic acids is 1. The van der Waals surface area contributed by atoms with Crippen LogP contribution in [-0.2, 0) is 11.3 Å². The molecule has 2 aliphatic rings. The van der Waals surface area contributed by atoms with Crippen LogP contribution in [0.15, 0.2) is 29.1 Å². The molecule has 1 amide bonds. The van der Waals surface area contributed by atoms with Gasteiger partial charge in [0.1, 0.15) is 6.54 Å². The summed E-state index contributed by atoms with van der Waals surface area (Å²) in [6.07, 6.45) is 0.922. The van der Waals surface area contributed by atoms with Crippen LogP contribution in [0.5, 0.6) is 0 Å². The highest BCUT2D eigenvalue weighted by Crippen LogP contribution is 2.28. The molecule has 7 heteroatoms. The van der Waals surface area contributed by atoms with Crippen molar-refractivity contribution < 1.29 is 4.79 Å². The van der Waals surface area contributed by atoms with Crippen molar-refractivity contribution in [3.63, 3.8) is 0 Å². The van der Waals surface area contributed by atoms with E-state index < -0.39 is 0 Å². The highest BCUT2D eigenvalue weighted by Gasteiger charge is 2.41. The molecule has 3 atom stereocenters. The van der Waals surface area contributed by atoms with Gasteiger partial charge in [-0.2, -0.15) is 5.10 Å². The first kappa shape index (κ1) is 18.1. The Morgan fingerprint density at radius 3 is 2.74 bits per heavy atom. The van der Waals surface area contributed by atoms with Gasteiger partial charge in [0.25, 0.3) is 5.56 Å². The quantitative estimate of drug-likeness (QED) is 0.846. The predicted octanol–water partition coefficient (Wildman–Crippen LogP) is 1.05. The van der Waals surface area contributed by atoms with E-state index in [0.29, 0.717) is 42.4 Å². The molecule has 0 bridgehead atoms. The molecule has 1 aromatic carbocycles. The van der Waals surface area contributed by atoms with E-state index in [1.165, 1.54) is 4.68 Å². The number of amides is 1. The lowest BCUT2D eigenvalue weighted by Crippen LogP contribution is -2.50. The number of hydrogen-bond donors (Lipinski definition) is 2. The topological polar surface area (TPSA) is 79.3 Å². The van der Waals surface area contributed by atoms with Crippen LogP contribution in [0.4, 0.5) is 0 Å². The van der Waals surface area contributed by atoms with Crippen LogP contribution in [-0.4, -0.2) is 45.8 Å². The molecular formula is C20H27N5O2. The molecule has 7 nitrogen and oxygen atoms in total. The van der Waals surface area contributed by atoms with Gasteiger partial charge in [-0.05, 0) is 25.3 Å². The molecule has 2 saturated heterocycles. The van der Waals surface area contributed by atoms with Gasteiger partial charge in [0, 0.05) is 36.5 Å².